The van der Waals surface area contributed by atoms with Gasteiger partial charge in [0.1, 0.15) is 12.2 Å². The van der Waals surface area contributed by atoms with E-state index in [-0.39, 0.29) is 0 Å². The summed E-state index contributed by atoms with van der Waals surface area (Å²) in [5.74, 6) is -1.02. The second-order valence-corrected chi connectivity index (χ2v) is 6.11. The van der Waals surface area contributed by atoms with Crippen LogP contribution in [0.2, 0.25) is 0 Å². The van der Waals surface area contributed by atoms with Gasteiger partial charge in [0.25, 0.3) is 10.1 Å². The van der Waals surface area contributed by atoms with Crippen LogP contribution < -0.4 is 0 Å². The summed E-state index contributed by atoms with van der Waals surface area (Å²) in [5.41, 5.74) is 8.48. The van der Waals surface area contributed by atoms with Crippen molar-refractivity contribution in [2.45, 2.75) is 37.9 Å². The van der Waals surface area contributed by atoms with Crippen molar-refractivity contribution in [1.82, 2.24) is 0 Å². The third kappa shape index (κ3) is 4.77. The van der Waals surface area contributed by atoms with Crippen LogP contribution in [0.5, 0.6) is 0 Å². The minimum absolute atomic E-state index is 0.419. The highest BCUT2D eigenvalue weighted by atomic mass is 32.2. The number of hydrogen-bond donors (Lipinski definition) is 0. The number of hydrogen-bond acceptors (Lipinski definition) is 7. The molecule has 1 aliphatic rings. The Morgan fingerprint density at radius 2 is 2.16 bits per heavy atom. The fourth-order valence-corrected chi connectivity index (χ4v) is 2.06. The lowest BCUT2D eigenvalue weighted by atomic mass is 10.1. The first-order chi connectivity index (χ1) is 8.68. The summed E-state index contributed by atoms with van der Waals surface area (Å²) in [6.45, 7) is 2.76. The van der Waals surface area contributed by atoms with Crippen LogP contribution in [0.4, 0.5) is 0 Å². The van der Waals surface area contributed by atoms with Crippen molar-refractivity contribution in [3.05, 3.63) is 10.4 Å². The number of azide groups is 1. The van der Waals surface area contributed by atoms with Gasteiger partial charge in [-0.2, -0.15) is 8.42 Å². The topological polar surface area (TPSA) is 128 Å². The van der Waals surface area contributed by atoms with E-state index in [1.807, 2.05) is 0 Å². The molecule has 9 nitrogen and oxygen atoms in total. The summed E-state index contributed by atoms with van der Waals surface area (Å²) in [6.07, 6.45) is -0.466. The lowest BCUT2D eigenvalue weighted by Crippen LogP contribution is -2.38. The predicted octanol–water partition coefficient (Wildman–Crippen LogP) is 0.361. The van der Waals surface area contributed by atoms with Gasteiger partial charge < -0.3 is 14.3 Å². The van der Waals surface area contributed by atoms with Crippen LogP contribution in [0.15, 0.2) is 5.11 Å². The highest BCUT2D eigenvalue weighted by Gasteiger charge is 2.45. The molecule has 0 N–H and O–H groups in total. The van der Waals surface area contributed by atoms with Crippen molar-refractivity contribution in [2.24, 2.45) is 5.11 Å². The Kier molecular flexibility index (Phi) is 4.88. The van der Waals surface area contributed by atoms with Gasteiger partial charge in [0.15, 0.2) is 12.1 Å². The molecular formula is C9H15N3O6S. The van der Waals surface area contributed by atoms with Gasteiger partial charge in [-0.05, 0) is 19.4 Å². The summed E-state index contributed by atoms with van der Waals surface area (Å²) in [5, 5.41) is 3.40. The molecule has 108 valence electrons. The molecule has 19 heavy (non-hydrogen) atoms. The second-order valence-electron chi connectivity index (χ2n) is 4.46. The Morgan fingerprint density at radius 1 is 1.53 bits per heavy atom. The molecule has 0 bridgehead atoms. The first-order valence-corrected chi connectivity index (χ1v) is 7.20. The average Bonchev–Trinajstić information content (AvgIpc) is 2.58. The summed E-state index contributed by atoms with van der Waals surface area (Å²) >= 11 is 0. The standard InChI is InChI=1S/C9H15N3O6S/c1-9(2)17-7(4-13)8(18-9)6(11-12-10)5-16-19(3,14)15/h4,6-8H,5H2,1-3H3. The van der Waals surface area contributed by atoms with Crippen molar-refractivity contribution in [3.8, 4) is 0 Å². The molecular weight excluding hydrogens is 278 g/mol. The van der Waals surface area contributed by atoms with E-state index in [1.54, 1.807) is 13.8 Å². The molecule has 1 aliphatic heterocycles. The second kappa shape index (κ2) is 5.85. The molecule has 10 heteroatoms. The van der Waals surface area contributed by atoms with Gasteiger partial charge in [-0.1, -0.05) is 5.11 Å². The maximum atomic E-state index is 10.9. The third-order valence-corrected chi connectivity index (χ3v) is 2.89. The number of carbonyl (C=O) groups excluding carboxylic acids is 1. The third-order valence-electron chi connectivity index (χ3n) is 2.33. The van der Waals surface area contributed by atoms with E-state index in [4.69, 9.17) is 15.0 Å². The molecule has 1 rings (SSSR count). The quantitative estimate of drug-likeness (QED) is 0.229. The maximum Gasteiger partial charge on any atom is 0.264 e. The largest absolute Gasteiger partial charge is 0.344 e. The first kappa shape index (κ1) is 15.9. The summed E-state index contributed by atoms with van der Waals surface area (Å²) < 4.78 is 37.2. The summed E-state index contributed by atoms with van der Waals surface area (Å²) in [7, 11) is -3.69. The Balaban J connectivity index is 2.86. The van der Waals surface area contributed by atoms with Gasteiger partial charge in [-0.15, -0.1) is 0 Å². The molecule has 1 fully saturated rings. The van der Waals surface area contributed by atoms with Crippen LogP contribution in [0, 0.1) is 0 Å². The van der Waals surface area contributed by atoms with Crippen molar-refractivity contribution in [3.63, 3.8) is 0 Å². The highest BCUT2D eigenvalue weighted by molar-refractivity contribution is 7.85. The zero-order valence-electron chi connectivity index (χ0n) is 10.7. The summed E-state index contributed by atoms with van der Waals surface area (Å²) in [4.78, 5) is 13.5. The number of carbonyl (C=O) groups is 1. The van der Waals surface area contributed by atoms with E-state index >= 15 is 0 Å². The lowest BCUT2D eigenvalue weighted by Gasteiger charge is -2.20. The number of rotatable bonds is 6. The number of ether oxygens (including phenoxy) is 2. The minimum Gasteiger partial charge on any atom is -0.344 e. The molecule has 1 heterocycles. The Bertz CT molecular complexity index is 484. The van der Waals surface area contributed by atoms with Crippen molar-refractivity contribution >= 4 is 16.4 Å². The molecule has 3 unspecified atom stereocenters. The zero-order valence-corrected chi connectivity index (χ0v) is 11.5. The fourth-order valence-electron chi connectivity index (χ4n) is 1.67. The normalized spacial score (nSPS) is 27.5. The van der Waals surface area contributed by atoms with Gasteiger partial charge in [-0.3, -0.25) is 4.18 Å². The lowest BCUT2D eigenvalue weighted by molar-refractivity contribution is -0.151. The van der Waals surface area contributed by atoms with E-state index in [0.717, 1.165) is 6.26 Å². The molecule has 0 amide bonds. The molecule has 0 radical (unpaired) electrons. The van der Waals surface area contributed by atoms with E-state index < -0.39 is 40.8 Å². The molecule has 0 saturated carbocycles. The molecule has 0 spiro atoms. The number of nitrogens with zero attached hydrogens (tertiary/aromatic N) is 3. The zero-order chi connectivity index (χ0) is 14.7. The van der Waals surface area contributed by atoms with E-state index in [1.165, 1.54) is 0 Å². The molecule has 3 atom stereocenters. The van der Waals surface area contributed by atoms with Crippen LogP contribution in [0.1, 0.15) is 13.8 Å². The van der Waals surface area contributed by atoms with Crippen LogP contribution in [0.3, 0.4) is 0 Å². The highest BCUT2D eigenvalue weighted by Crippen LogP contribution is 2.30. The number of aldehydes is 1. The monoisotopic (exact) mass is 293 g/mol. The van der Waals surface area contributed by atoms with Crippen molar-refractivity contribution in [1.29, 1.82) is 0 Å². The SMILES string of the molecule is CC1(C)OC(C=O)C(C(COS(C)(=O)=O)N=[N+]=[N-])O1. The molecule has 0 aromatic rings. The fraction of sp³-hybridized carbons (Fsp3) is 0.889. The molecule has 0 aromatic heterocycles. The molecule has 0 aromatic carbocycles. The van der Waals surface area contributed by atoms with E-state index in [2.05, 4.69) is 14.2 Å². The van der Waals surface area contributed by atoms with Crippen molar-refractivity contribution in [2.75, 3.05) is 12.9 Å². The molecule has 1 saturated heterocycles. The predicted molar refractivity (Wildman–Crippen MR) is 63.6 cm³/mol. The van der Waals surface area contributed by atoms with Gasteiger partial charge in [0.05, 0.1) is 18.9 Å². The first-order valence-electron chi connectivity index (χ1n) is 5.38. The van der Waals surface area contributed by atoms with Crippen LogP contribution >= 0.6 is 0 Å². The Morgan fingerprint density at radius 3 is 2.63 bits per heavy atom. The van der Waals surface area contributed by atoms with E-state index in [9.17, 15) is 13.2 Å². The van der Waals surface area contributed by atoms with Crippen LogP contribution in [-0.2, 0) is 28.6 Å². The van der Waals surface area contributed by atoms with Crippen LogP contribution in [0.25, 0.3) is 10.4 Å². The Labute approximate surface area is 110 Å². The summed E-state index contributed by atoms with van der Waals surface area (Å²) in [6, 6.07) is -0.989. The van der Waals surface area contributed by atoms with Gasteiger partial charge in [0.2, 0.25) is 0 Å². The minimum atomic E-state index is -3.69. The van der Waals surface area contributed by atoms with Crippen molar-refractivity contribution < 1.29 is 26.9 Å². The van der Waals surface area contributed by atoms with Crippen LogP contribution in [-0.4, -0.2) is 51.6 Å². The Hall–Kier alpha value is -1.19. The average molecular weight is 293 g/mol. The van der Waals surface area contributed by atoms with Gasteiger partial charge in [-0.25, -0.2) is 0 Å². The smallest absolute Gasteiger partial charge is 0.264 e. The van der Waals surface area contributed by atoms with Gasteiger partial charge >= 0.3 is 0 Å². The molecule has 0 aliphatic carbocycles. The van der Waals surface area contributed by atoms with Gasteiger partial charge in [0, 0.05) is 4.91 Å². The van der Waals surface area contributed by atoms with E-state index in [0.29, 0.717) is 6.29 Å². The maximum absolute atomic E-state index is 10.9.